The first-order valence-corrected chi connectivity index (χ1v) is 17.7. The third-order valence-electron chi connectivity index (χ3n) is 7.09. The lowest BCUT2D eigenvalue weighted by atomic mass is 10.0. The number of aromatic nitrogens is 1. The molecular weight excluding hydrogens is 882 g/mol. The fourth-order valence-corrected chi connectivity index (χ4v) is 8.45. The van der Waals surface area contributed by atoms with Gasteiger partial charge in [0, 0.05) is 10.0 Å². The number of rotatable bonds is 8. The highest BCUT2D eigenvalue weighted by Gasteiger charge is 2.35. The molecule has 45 heavy (non-hydrogen) atoms. The molecule has 11 heteroatoms. The smallest absolute Gasteiger partial charge is 0.338 e. The number of halogens is 3. The number of allylic oxidation sites excluding steroid dienone is 1. The summed E-state index contributed by atoms with van der Waals surface area (Å²) in [7, 11) is 0. The summed E-state index contributed by atoms with van der Waals surface area (Å²) in [6.07, 6.45) is 1.85. The normalized spacial score (nSPS) is 14.7. The average molecular weight is 907 g/mol. The Morgan fingerprint density at radius 3 is 2.47 bits per heavy atom. The second kappa shape index (κ2) is 13.8. The number of ether oxygens (including phenoxy) is 2. The van der Waals surface area contributed by atoms with Crippen LogP contribution in [0.15, 0.2) is 109 Å². The van der Waals surface area contributed by atoms with Gasteiger partial charge in [0.25, 0.3) is 5.56 Å². The monoisotopic (exact) mass is 906 g/mol. The Morgan fingerprint density at radius 1 is 1.07 bits per heavy atom. The van der Waals surface area contributed by atoms with E-state index >= 15 is 0 Å². The molecule has 1 atom stereocenters. The highest BCUT2D eigenvalue weighted by Crippen LogP contribution is 2.35. The molecule has 0 saturated carbocycles. The SMILES string of the molecule is CCOC(=O)C1=C(C)N=c2s/c(=C\c3cc(I)c(OCc4ccccc4)c(I)c3)c(=O)n2[C@H]1c1ccc(-c2ccc(Br)cc2)o1. The van der Waals surface area contributed by atoms with Gasteiger partial charge in [-0.25, -0.2) is 9.79 Å². The largest absolute Gasteiger partial charge is 0.487 e. The number of carbonyl (C=O) groups excluding carboxylic acids is 1. The summed E-state index contributed by atoms with van der Waals surface area (Å²) < 4.78 is 22.7. The molecule has 3 heterocycles. The molecule has 0 unspecified atom stereocenters. The fourth-order valence-electron chi connectivity index (χ4n) is 5.01. The summed E-state index contributed by atoms with van der Waals surface area (Å²) in [5.74, 6) is 1.33. The number of thiazole rings is 1. The van der Waals surface area contributed by atoms with Gasteiger partial charge in [-0.1, -0.05) is 69.7 Å². The van der Waals surface area contributed by atoms with Gasteiger partial charge in [-0.2, -0.15) is 0 Å². The third-order valence-corrected chi connectivity index (χ3v) is 10.2. The summed E-state index contributed by atoms with van der Waals surface area (Å²) >= 11 is 9.26. The van der Waals surface area contributed by atoms with Crippen LogP contribution in [0.5, 0.6) is 5.75 Å². The van der Waals surface area contributed by atoms with Gasteiger partial charge >= 0.3 is 5.97 Å². The van der Waals surface area contributed by atoms with E-state index in [0.29, 0.717) is 33.2 Å². The summed E-state index contributed by atoms with van der Waals surface area (Å²) in [5.41, 5.74) is 3.30. The number of benzene rings is 3. The van der Waals surface area contributed by atoms with Gasteiger partial charge in [-0.3, -0.25) is 9.36 Å². The van der Waals surface area contributed by atoms with Crippen LogP contribution in [0.3, 0.4) is 0 Å². The predicted octanol–water partition coefficient (Wildman–Crippen LogP) is 7.61. The molecular formula is C34H25BrI2N2O5S. The van der Waals surface area contributed by atoms with Gasteiger partial charge in [0.2, 0.25) is 0 Å². The van der Waals surface area contributed by atoms with E-state index < -0.39 is 12.0 Å². The molecule has 3 aromatic carbocycles. The van der Waals surface area contributed by atoms with E-state index in [1.54, 1.807) is 19.9 Å². The van der Waals surface area contributed by atoms with Crippen molar-refractivity contribution in [3.8, 4) is 17.1 Å². The highest BCUT2D eigenvalue weighted by atomic mass is 127. The van der Waals surface area contributed by atoms with Crippen LogP contribution < -0.4 is 19.6 Å². The summed E-state index contributed by atoms with van der Waals surface area (Å²) in [6.45, 7) is 4.16. The van der Waals surface area contributed by atoms with Crippen LogP contribution in [0, 0.1) is 7.14 Å². The molecule has 0 aliphatic carbocycles. The minimum absolute atomic E-state index is 0.192. The van der Waals surface area contributed by atoms with Gasteiger partial charge in [0.15, 0.2) is 4.80 Å². The van der Waals surface area contributed by atoms with Gasteiger partial charge in [-0.05, 0) is 113 Å². The molecule has 0 bridgehead atoms. The van der Waals surface area contributed by atoms with Crippen molar-refractivity contribution in [1.29, 1.82) is 0 Å². The van der Waals surface area contributed by atoms with Gasteiger partial charge in [0.05, 0.1) is 29.5 Å². The van der Waals surface area contributed by atoms with Crippen LogP contribution in [0.4, 0.5) is 0 Å². The first-order chi connectivity index (χ1) is 21.7. The Balaban J connectivity index is 1.41. The fraction of sp³-hybridized carbons (Fsp3) is 0.147. The van der Waals surface area contributed by atoms with Gasteiger partial charge in [-0.15, -0.1) is 0 Å². The zero-order valence-corrected chi connectivity index (χ0v) is 30.8. The van der Waals surface area contributed by atoms with Crippen molar-refractivity contribution >= 4 is 84.5 Å². The molecule has 228 valence electrons. The molecule has 2 aromatic heterocycles. The van der Waals surface area contributed by atoms with Crippen LogP contribution in [0.25, 0.3) is 17.4 Å². The molecule has 0 fully saturated rings. The molecule has 0 saturated heterocycles. The van der Waals surface area contributed by atoms with E-state index in [1.807, 2.05) is 78.9 Å². The highest BCUT2D eigenvalue weighted by molar-refractivity contribution is 14.1. The number of nitrogens with zero attached hydrogens (tertiary/aromatic N) is 2. The molecule has 1 aliphatic rings. The minimum atomic E-state index is -0.833. The first kappa shape index (κ1) is 32.0. The van der Waals surface area contributed by atoms with E-state index in [-0.39, 0.29) is 17.7 Å². The number of esters is 1. The molecule has 0 amide bonds. The zero-order chi connectivity index (χ0) is 31.7. The standard InChI is InChI=1S/C34H25BrI2N2O5S/c1-3-42-33(41)29-19(2)38-34-39(30(29)27-14-13-26(44-27)22-9-11-23(35)12-10-22)32(40)28(45-34)17-21-15-24(36)31(25(37)16-21)43-18-20-7-5-4-6-8-20/h4-17,30H,3,18H2,1-2H3/b28-17-/t30-/m0/s1. The molecule has 6 rings (SSSR count). The number of hydrogen-bond donors (Lipinski definition) is 0. The second-order valence-electron chi connectivity index (χ2n) is 10.1. The van der Waals surface area contributed by atoms with Gasteiger partial charge in [0.1, 0.15) is 29.9 Å². The first-order valence-electron chi connectivity index (χ1n) is 13.9. The van der Waals surface area contributed by atoms with Crippen LogP contribution in [0.1, 0.15) is 36.8 Å². The minimum Gasteiger partial charge on any atom is -0.487 e. The quantitative estimate of drug-likeness (QED) is 0.118. The Kier molecular flexibility index (Phi) is 9.78. The number of hydrogen-bond acceptors (Lipinski definition) is 7. The van der Waals surface area contributed by atoms with Gasteiger partial charge < -0.3 is 13.9 Å². The second-order valence-corrected chi connectivity index (χ2v) is 14.3. The van der Waals surface area contributed by atoms with E-state index in [0.717, 1.165) is 34.1 Å². The van der Waals surface area contributed by atoms with Crippen molar-refractivity contribution in [3.63, 3.8) is 0 Å². The lowest BCUT2D eigenvalue weighted by Crippen LogP contribution is -2.39. The van der Waals surface area contributed by atoms with Crippen molar-refractivity contribution in [2.45, 2.75) is 26.5 Å². The predicted molar refractivity (Wildman–Crippen MR) is 195 cm³/mol. The van der Waals surface area contributed by atoms with Crippen LogP contribution in [-0.4, -0.2) is 17.1 Å². The molecule has 7 nitrogen and oxygen atoms in total. The summed E-state index contributed by atoms with van der Waals surface area (Å²) in [4.78, 5) is 32.5. The van der Waals surface area contributed by atoms with Crippen LogP contribution >= 0.6 is 72.4 Å². The van der Waals surface area contributed by atoms with E-state index in [1.165, 1.54) is 15.9 Å². The summed E-state index contributed by atoms with van der Waals surface area (Å²) in [5, 5.41) is 0. The Morgan fingerprint density at radius 2 is 1.78 bits per heavy atom. The number of fused-ring (bicyclic) bond motifs is 1. The molecule has 1 aliphatic heterocycles. The van der Waals surface area contributed by atoms with Crippen LogP contribution in [-0.2, 0) is 16.1 Å². The molecule has 0 spiro atoms. The van der Waals surface area contributed by atoms with E-state index in [2.05, 4.69) is 66.1 Å². The third kappa shape index (κ3) is 6.76. The summed E-state index contributed by atoms with van der Waals surface area (Å²) in [6, 6.07) is 24.5. The number of furan rings is 1. The lowest BCUT2D eigenvalue weighted by molar-refractivity contribution is -0.139. The van der Waals surface area contributed by atoms with Crippen molar-refractivity contribution in [1.82, 2.24) is 4.57 Å². The topological polar surface area (TPSA) is 83.0 Å². The number of carbonyl (C=O) groups is 1. The van der Waals surface area contributed by atoms with E-state index in [9.17, 15) is 9.59 Å². The molecule has 0 radical (unpaired) electrons. The van der Waals surface area contributed by atoms with Crippen molar-refractivity contribution in [2.24, 2.45) is 4.99 Å². The zero-order valence-electron chi connectivity index (χ0n) is 24.1. The van der Waals surface area contributed by atoms with Crippen molar-refractivity contribution in [3.05, 3.63) is 138 Å². The Hall–Kier alpha value is -3.01. The average Bonchev–Trinajstić information content (AvgIpc) is 3.62. The molecule has 5 aromatic rings. The van der Waals surface area contributed by atoms with Crippen molar-refractivity contribution in [2.75, 3.05) is 6.61 Å². The molecule has 0 N–H and O–H groups in total. The maximum Gasteiger partial charge on any atom is 0.338 e. The lowest BCUT2D eigenvalue weighted by Gasteiger charge is -2.22. The Bertz CT molecular complexity index is 2090. The van der Waals surface area contributed by atoms with E-state index in [4.69, 9.17) is 13.9 Å². The maximum absolute atomic E-state index is 14.1. The van der Waals surface area contributed by atoms with Crippen LogP contribution in [0.2, 0.25) is 0 Å². The Labute approximate surface area is 298 Å². The maximum atomic E-state index is 14.1. The van der Waals surface area contributed by atoms with Crippen molar-refractivity contribution < 1.29 is 18.7 Å².